The van der Waals surface area contributed by atoms with Gasteiger partial charge in [-0.05, 0) is 23.6 Å². The third-order valence-corrected chi connectivity index (χ3v) is 3.25. The van der Waals surface area contributed by atoms with Crippen LogP contribution in [0.2, 0.25) is 0 Å². The van der Waals surface area contributed by atoms with E-state index in [0.29, 0.717) is 12.0 Å². The molecule has 0 amide bonds. The fourth-order valence-electron chi connectivity index (χ4n) is 2.21. The molecule has 1 atom stereocenters. The highest BCUT2D eigenvalue weighted by Gasteiger charge is 2.12. The number of benzene rings is 1. The van der Waals surface area contributed by atoms with E-state index in [4.69, 9.17) is 0 Å². The van der Waals surface area contributed by atoms with Gasteiger partial charge < -0.3 is 5.32 Å². The number of hydrogen-bond acceptors (Lipinski definition) is 2. The van der Waals surface area contributed by atoms with Crippen molar-refractivity contribution in [1.82, 2.24) is 10.3 Å². The highest BCUT2D eigenvalue weighted by Crippen LogP contribution is 2.20. The van der Waals surface area contributed by atoms with Crippen LogP contribution in [-0.2, 0) is 6.42 Å². The summed E-state index contributed by atoms with van der Waals surface area (Å²) < 4.78 is 0. The van der Waals surface area contributed by atoms with E-state index in [0.717, 1.165) is 13.0 Å². The molecule has 1 N–H and O–H groups in total. The minimum atomic E-state index is 0.493. The van der Waals surface area contributed by atoms with Crippen LogP contribution < -0.4 is 5.32 Å². The zero-order valence-electron chi connectivity index (χ0n) is 11.7. The van der Waals surface area contributed by atoms with Gasteiger partial charge in [0.1, 0.15) is 0 Å². The van der Waals surface area contributed by atoms with Crippen molar-refractivity contribution >= 4 is 0 Å². The fourth-order valence-corrected chi connectivity index (χ4v) is 2.21. The zero-order chi connectivity index (χ0) is 13.5. The Morgan fingerprint density at radius 2 is 1.84 bits per heavy atom. The molecule has 0 saturated carbocycles. The second-order valence-corrected chi connectivity index (χ2v) is 5.24. The topological polar surface area (TPSA) is 24.9 Å². The molecule has 0 spiro atoms. The van der Waals surface area contributed by atoms with Gasteiger partial charge in [-0.3, -0.25) is 4.98 Å². The lowest BCUT2D eigenvalue weighted by Gasteiger charge is -2.19. The van der Waals surface area contributed by atoms with E-state index < -0.39 is 0 Å². The van der Waals surface area contributed by atoms with Crippen LogP contribution >= 0.6 is 0 Å². The van der Waals surface area contributed by atoms with Crippen LogP contribution in [0.15, 0.2) is 54.9 Å². The second kappa shape index (κ2) is 7.05. The van der Waals surface area contributed by atoms with Crippen molar-refractivity contribution in [3.8, 4) is 0 Å². The summed E-state index contributed by atoms with van der Waals surface area (Å²) in [6.07, 6.45) is 4.82. The van der Waals surface area contributed by atoms with Gasteiger partial charge in [0, 0.05) is 30.9 Å². The van der Waals surface area contributed by atoms with Gasteiger partial charge in [-0.1, -0.05) is 50.2 Å². The highest BCUT2D eigenvalue weighted by molar-refractivity contribution is 5.23. The van der Waals surface area contributed by atoms with Crippen molar-refractivity contribution in [3.05, 3.63) is 66.0 Å². The van der Waals surface area contributed by atoms with Gasteiger partial charge in [0.15, 0.2) is 0 Å². The number of rotatable bonds is 6. The smallest absolute Gasteiger partial charge is 0.0300 e. The molecular weight excluding hydrogens is 232 g/mol. The molecule has 1 heterocycles. The van der Waals surface area contributed by atoms with Crippen molar-refractivity contribution in [2.75, 3.05) is 6.54 Å². The lowest BCUT2D eigenvalue weighted by atomic mass is 9.92. The summed E-state index contributed by atoms with van der Waals surface area (Å²) in [7, 11) is 0. The average molecular weight is 254 g/mol. The lowest BCUT2D eigenvalue weighted by molar-refractivity contribution is 0.526. The molecule has 2 rings (SSSR count). The van der Waals surface area contributed by atoms with Crippen molar-refractivity contribution in [2.24, 2.45) is 0 Å². The predicted octanol–water partition coefficient (Wildman–Crippen LogP) is 3.41. The SMILES string of the molecule is CC(C)NCC(Cc1cccnc1)c1ccccc1. The maximum absolute atomic E-state index is 4.21. The Balaban J connectivity index is 2.10. The van der Waals surface area contributed by atoms with Gasteiger partial charge in [-0.25, -0.2) is 0 Å². The van der Waals surface area contributed by atoms with Gasteiger partial charge in [0.25, 0.3) is 0 Å². The van der Waals surface area contributed by atoms with Gasteiger partial charge in [0.2, 0.25) is 0 Å². The Hall–Kier alpha value is -1.67. The number of nitrogens with zero attached hydrogens (tertiary/aromatic N) is 1. The molecular formula is C17H22N2. The van der Waals surface area contributed by atoms with Gasteiger partial charge in [-0.15, -0.1) is 0 Å². The first-order valence-electron chi connectivity index (χ1n) is 6.93. The standard InChI is InChI=1S/C17H22N2/c1-14(2)19-13-17(16-8-4-3-5-9-16)11-15-7-6-10-18-12-15/h3-10,12,14,17,19H,11,13H2,1-2H3. The van der Waals surface area contributed by atoms with Crippen molar-refractivity contribution in [1.29, 1.82) is 0 Å². The fraction of sp³-hybridized carbons (Fsp3) is 0.353. The number of hydrogen-bond donors (Lipinski definition) is 1. The third-order valence-electron chi connectivity index (χ3n) is 3.25. The molecule has 2 aromatic rings. The van der Waals surface area contributed by atoms with Gasteiger partial charge in [-0.2, -0.15) is 0 Å². The van der Waals surface area contributed by atoms with Crippen LogP contribution in [0.3, 0.4) is 0 Å². The maximum atomic E-state index is 4.21. The van der Waals surface area contributed by atoms with Gasteiger partial charge in [0.05, 0.1) is 0 Å². The van der Waals surface area contributed by atoms with Crippen LogP contribution in [0.25, 0.3) is 0 Å². The Morgan fingerprint density at radius 1 is 1.05 bits per heavy atom. The number of aromatic nitrogens is 1. The first-order valence-corrected chi connectivity index (χ1v) is 6.93. The lowest BCUT2D eigenvalue weighted by Crippen LogP contribution is -2.28. The minimum absolute atomic E-state index is 0.493. The summed E-state index contributed by atoms with van der Waals surface area (Å²) in [4.78, 5) is 4.21. The van der Waals surface area contributed by atoms with E-state index in [2.05, 4.69) is 60.5 Å². The third kappa shape index (κ3) is 4.49. The number of pyridine rings is 1. The molecule has 2 nitrogen and oxygen atoms in total. The van der Waals surface area contributed by atoms with E-state index in [1.165, 1.54) is 11.1 Å². The molecule has 0 aliphatic heterocycles. The van der Waals surface area contributed by atoms with E-state index in [9.17, 15) is 0 Å². The predicted molar refractivity (Wildman–Crippen MR) is 80.3 cm³/mol. The van der Waals surface area contributed by atoms with Crippen LogP contribution in [-0.4, -0.2) is 17.6 Å². The summed E-state index contributed by atoms with van der Waals surface area (Å²) in [5.74, 6) is 0.493. The monoisotopic (exact) mass is 254 g/mol. The Bertz CT molecular complexity index is 465. The summed E-state index contributed by atoms with van der Waals surface area (Å²) in [5, 5.41) is 3.54. The second-order valence-electron chi connectivity index (χ2n) is 5.24. The summed E-state index contributed by atoms with van der Waals surface area (Å²) in [6, 6.07) is 15.4. The van der Waals surface area contributed by atoms with E-state index in [1.807, 2.05) is 18.5 Å². The first-order chi connectivity index (χ1) is 9.25. The van der Waals surface area contributed by atoms with E-state index in [-0.39, 0.29) is 0 Å². The van der Waals surface area contributed by atoms with E-state index in [1.54, 1.807) is 0 Å². The molecule has 0 saturated heterocycles. The van der Waals surface area contributed by atoms with Crippen LogP contribution in [0.1, 0.15) is 30.9 Å². The maximum Gasteiger partial charge on any atom is 0.0300 e. The molecule has 0 radical (unpaired) electrons. The molecule has 0 aliphatic carbocycles. The molecule has 100 valence electrons. The quantitative estimate of drug-likeness (QED) is 0.854. The molecule has 1 unspecified atom stereocenters. The zero-order valence-corrected chi connectivity index (χ0v) is 11.7. The van der Waals surface area contributed by atoms with Crippen LogP contribution in [0.4, 0.5) is 0 Å². The first kappa shape index (κ1) is 13.8. The highest BCUT2D eigenvalue weighted by atomic mass is 14.9. The molecule has 1 aromatic carbocycles. The van der Waals surface area contributed by atoms with Crippen molar-refractivity contribution < 1.29 is 0 Å². The van der Waals surface area contributed by atoms with Crippen LogP contribution in [0.5, 0.6) is 0 Å². The molecule has 19 heavy (non-hydrogen) atoms. The summed E-state index contributed by atoms with van der Waals surface area (Å²) in [6.45, 7) is 5.37. The minimum Gasteiger partial charge on any atom is -0.314 e. The molecule has 0 fully saturated rings. The van der Waals surface area contributed by atoms with Crippen molar-refractivity contribution in [2.45, 2.75) is 32.2 Å². The van der Waals surface area contributed by atoms with Crippen molar-refractivity contribution in [3.63, 3.8) is 0 Å². The summed E-state index contributed by atoms with van der Waals surface area (Å²) in [5.41, 5.74) is 2.68. The molecule has 2 heteroatoms. The molecule has 0 bridgehead atoms. The average Bonchev–Trinajstić information content (AvgIpc) is 2.45. The normalized spacial score (nSPS) is 12.6. The van der Waals surface area contributed by atoms with E-state index >= 15 is 0 Å². The largest absolute Gasteiger partial charge is 0.314 e. The molecule has 1 aromatic heterocycles. The van der Waals surface area contributed by atoms with Gasteiger partial charge >= 0.3 is 0 Å². The molecule has 0 aliphatic rings. The Morgan fingerprint density at radius 3 is 2.47 bits per heavy atom. The number of nitrogens with one attached hydrogen (secondary N) is 1. The Labute approximate surface area is 115 Å². The Kier molecular flexibility index (Phi) is 5.10. The summed E-state index contributed by atoms with van der Waals surface area (Å²) >= 11 is 0. The van der Waals surface area contributed by atoms with Crippen LogP contribution in [0, 0.1) is 0 Å².